The number of nitrogens with one attached hydrogen (secondary N) is 2. The number of aromatic amines is 1. The molecule has 2 aromatic rings. The minimum absolute atomic E-state index is 0.210. The van der Waals surface area contributed by atoms with Gasteiger partial charge in [0, 0.05) is 17.7 Å². The molecule has 1 saturated carbocycles. The highest BCUT2D eigenvalue weighted by atomic mass is 16.3. The van der Waals surface area contributed by atoms with Crippen LogP contribution in [0.5, 0.6) is 0 Å². The molecule has 0 bridgehead atoms. The van der Waals surface area contributed by atoms with Crippen LogP contribution in [0.15, 0.2) is 32.5 Å². The lowest BCUT2D eigenvalue weighted by atomic mass is 10.3. The second-order valence-corrected chi connectivity index (χ2v) is 5.16. The molecule has 2 N–H and O–H groups in total. The number of furan rings is 1. The van der Waals surface area contributed by atoms with Crippen molar-refractivity contribution < 1.29 is 4.42 Å². The number of anilines is 1. The van der Waals surface area contributed by atoms with Crippen LogP contribution in [0.2, 0.25) is 0 Å². The quantitative estimate of drug-likeness (QED) is 0.660. The van der Waals surface area contributed by atoms with Crippen LogP contribution in [0, 0.1) is 12.8 Å². The van der Waals surface area contributed by atoms with Gasteiger partial charge in [-0.2, -0.15) is 5.10 Å². The SMILES string of the molecule is Cc1cc(=O)[nH]c(N/N=C\c2ccc([C@H]3C[C@H]3C)o2)n1. The summed E-state index contributed by atoms with van der Waals surface area (Å²) < 4.78 is 5.68. The van der Waals surface area contributed by atoms with Crippen molar-refractivity contribution in [3.8, 4) is 0 Å². The lowest BCUT2D eigenvalue weighted by molar-refractivity contribution is 0.500. The van der Waals surface area contributed by atoms with E-state index < -0.39 is 0 Å². The predicted molar refractivity (Wildman–Crippen MR) is 76.0 cm³/mol. The van der Waals surface area contributed by atoms with Crippen molar-refractivity contribution in [2.45, 2.75) is 26.2 Å². The van der Waals surface area contributed by atoms with Gasteiger partial charge >= 0.3 is 0 Å². The molecule has 2 heterocycles. The molecular formula is C14H16N4O2. The third-order valence-corrected chi connectivity index (χ3v) is 3.35. The van der Waals surface area contributed by atoms with Gasteiger partial charge in [-0.1, -0.05) is 6.92 Å². The third-order valence-electron chi connectivity index (χ3n) is 3.35. The first kappa shape index (κ1) is 12.7. The predicted octanol–water partition coefficient (Wildman–Crippen LogP) is 2.24. The maximum absolute atomic E-state index is 11.3. The smallest absolute Gasteiger partial charge is 0.252 e. The van der Waals surface area contributed by atoms with Gasteiger partial charge in [0.05, 0.1) is 6.21 Å². The Morgan fingerprint density at radius 1 is 1.55 bits per heavy atom. The average Bonchev–Trinajstić information content (AvgIpc) is 2.92. The number of hydrogen-bond donors (Lipinski definition) is 2. The van der Waals surface area contributed by atoms with Gasteiger partial charge in [0.15, 0.2) is 0 Å². The highest BCUT2D eigenvalue weighted by molar-refractivity contribution is 5.76. The molecule has 6 heteroatoms. The van der Waals surface area contributed by atoms with Crippen molar-refractivity contribution in [1.82, 2.24) is 9.97 Å². The number of hydrazone groups is 1. The molecule has 0 aliphatic heterocycles. The number of aromatic nitrogens is 2. The Labute approximate surface area is 115 Å². The second kappa shape index (κ2) is 4.96. The second-order valence-electron chi connectivity index (χ2n) is 5.16. The van der Waals surface area contributed by atoms with E-state index in [2.05, 4.69) is 27.4 Å². The van der Waals surface area contributed by atoms with Gasteiger partial charge in [-0.05, 0) is 31.4 Å². The lowest BCUT2D eigenvalue weighted by Crippen LogP contribution is -2.10. The summed E-state index contributed by atoms with van der Waals surface area (Å²) in [5, 5.41) is 4.00. The van der Waals surface area contributed by atoms with E-state index in [4.69, 9.17) is 4.42 Å². The minimum atomic E-state index is -0.210. The normalized spacial score (nSPS) is 21.3. The van der Waals surface area contributed by atoms with Crippen molar-refractivity contribution in [2.24, 2.45) is 11.0 Å². The van der Waals surface area contributed by atoms with Gasteiger partial charge < -0.3 is 4.42 Å². The van der Waals surface area contributed by atoms with E-state index >= 15 is 0 Å². The molecule has 3 rings (SSSR count). The summed E-state index contributed by atoms with van der Waals surface area (Å²) >= 11 is 0. The zero-order valence-electron chi connectivity index (χ0n) is 11.4. The molecule has 2 atom stereocenters. The van der Waals surface area contributed by atoms with Crippen LogP contribution >= 0.6 is 0 Å². The molecule has 1 aliphatic rings. The number of hydrogen-bond acceptors (Lipinski definition) is 5. The fourth-order valence-corrected chi connectivity index (χ4v) is 2.14. The van der Waals surface area contributed by atoms with E-state index in [-0.39, 0.29) is 5.56 Å². The van der Waals surface area contributed by atoms with Crippen LogP contribution in [-0.2, 0) is 0 Å². The summed E-state index contributed by atoms with van der Waals surface area (Å²) in [4.78, 5) is 17.9. The van der Waals surface area contributed by atoms with Crippen molar-refractivity contribution in [2.75, 3.05) is 5.43 Å². The summed E-state index contributed by atoms with van der Waals surface area (Å²) in [5.74, 6) is 3.28. The van der Waals surface area contributed by atoms with Crippen molar-refractivity contribution in [3.63, 3.8) is 0 Å². The Morgan fingerprint density at radius 2 is 2.35 bits per heavy atom. The van der Waals surface area contributed by atoms with Gasteiger partial charge in [-0.15, -0.1) is 0 Å². The topological polar surface area (TPSA) is 83.3 Å². The molecule has 0 amide bonds. The molecule has 6 nitrogen and oxygen atoms in total. The fourth-order valence-electron chi connectivity index (χ4n) is 2.14. The average molecular weight is 272 g/mol. The fraction of sp³-hybridized carbons (Fsp3) is 0.357. The maximum Gasteiger partial charge on any atom is 0.252 e. The van der Waals surface area contributed by atoms with Crippen LogP contribution in [0.4, 0.5) is 5.95 Å². The first-order valence-electron chi connectivity index (χ1n) is 6.58. The number of nitrogens with zero attached hydrogens (tertiary/aromatic N) is 2. The summed E-state index contributed by atoms with van der Waals surface area (Å²) in [6.07, 6.45) is 2.76. The van der Waals surface area contributed by atoms with Gasteiger partial charge in [-0.25, -0.2) is 10.4 Å². The van der Waals surface area contributed by atoms with Crippen molar-refractivity contribution in [1.29, 1.82) is 0 Å². The monoisotopic (exact) mass is 272 g/mol. The Bertz CT molecular complexity index is 701. The van der Waals surface area contributed by atoms with E-state index in [1.165, 1.54) is 12.5 Å². The first-order valence-corrected chi connectivity index (χ1v) is 6.58. The van der Waals surface area contributed by atoms with E-state index in [0.717, 1.165) is 5.76 Å². The van der Waals surface area contributed by atoms with E-state index in [1.54, 1.807) is 13.1 Å². The van der Waals surface area contributed by atoms with Crippen LogP contribution in [-0.4, -0.2) is 16.2 Å². The highest BCUT2D eigenvalue weighted by Crippen LogP contribution is 2.47. The Hall–Kier alpha value is -2.37. The first-order chi connectivity index (χ1) is 9.61. The Kier molecular flexibility index (Phi) is 3.14. The molecule has 1 aliphatic carbocycles. The summed E-state index contributed by atoms with van der Waals surface area (Å²) in [6.45, 7) is 3.96. The summed E-state index contributed by atoms with van der Waals surface area (Å²) in [5.41, 5.74) is 3.10. The van der Waals surface area contributed by atoms with Gasteiger partial charge in [0.1, 0.15) is 11.5 Å². The molecular weight excluding hydrogens is 256 g/mol. The third kappa shape index (κ3) is 2.79. The lowest BCUT2D eigenvalue weighted by Gasteiger charge is -1.98. The van der Waals surface area contributed by atoms with Gasteiger partial charge in [-0.3, -0.25) is 9.78 Å². The number of aryl methyl sites for hydroxylation is 1. The number of rotatable bonds is 4. The van der Waals surface area contributed by atoms with E-state index in [1.807, 2.05) is 12.1 Å². The zero-order valence-corrected chi connectivity index (χ0v) is 11.4. The standard InChI is InChI=1S/C14H16N4O2/c1-8-5-11(8)12-4-3-10(20-12)7-15-18-14-16-9(2)6-13(19)17-14/h3-4,6-8,11H,5H2,1-2H3,(H2,16,17,18,19)/b15-7-/t8-,11+/m1/s1. The van der Waals surface area contributed by atoms with E-state index in [0.29, 0.717) is 29.2 Å². The van der Waals surface area contributed by atoms with Crippen LogP contribution in [0.25, 0.3) is 0 Å². The Balaban J connectivity index is 1.65. The molecule has 0 aromatic carbocycles. The Morgan fingerprint density at radius 3 is 3.05 bits per heavy atom. The molecule has 0 saturated heterocycles. The molecule has 104 valence electrons. The largest absolute Gasteiger partial charge is 0.460 e. The minimum Gasteiger partial charge on any atom is -0.460 e. The van der Waals surface area contributed by atoms with E-state index in [9.17, 15) is 4.79 Å². The molecule has 2 aromatic heterocycles. The highest BCUT2D eigenvalue weighted by Gasteiger charge is 2.36. The van der Waals surface area contributed by atoms with Crippen molar-refractivity contribution in [3.05, 3.63) is 45.8 Å². The van der Waals surface area contributed by atoms with Crippen molar-refractivity contribution >= 4 is 12.2 Å². The zero-order chi connectivity index (χ0) is 14.1. The number of H-pyrrole nitrogens is 1. The van der Waals surface area contributed by atoms with Gasteiger partial charge in [0.2, 0.25) is 5.95 Å². The molecule has 0 unspecified atom stereocenters. The van der Waals surface area contributed by atoms with Gasteiger partial charge in [0.25, 0.3) is 5.56 Å². The molecule has 20 heavy (non-hydrogen) atoms. The maximum atomic E-state index is 11.3. The van der Waals surface area contributed by atoms with Crippen LogP contribution < -0.4 is 11.0 Å². The molecule has 0 radical (unpaired) electrons. The summed E-state index contributed by atoms with van der Waals surface area (Å²) in [6, 6.07) is 5.30. The molecule has 0 spiro atoms. The molecule has 1 fully saturated rings. The summed E-state index contributed by atoms with van der Waals surface area (Å²) in [7, 11) is 0. The van der Waals surface area contributed by atoms with Crippen LogP contribution in [0.1, 0.15) is 36.5 Å². The van der Waals surface area contributed by atoms with Crippen LogP contribution in [0.3, 0.4) is 0 Å².